The lowest BCUT2D eigenvalue weighted by Crippen LogP contribution is -2.26. The SMILES string of the molecule is CNc1c(C(=O)NCCCS(C)=O)cccc1[N+](=O)[O-]. The van der Waals surface area contributed by atoms with Gasteiger partial charge in [0.1, 0.15) is 5.69 Å². The van der Waals surface area contributed by atoms with Crippen molar-refractivity contribution in [3.63, 3.8) is 0 Å². The number of hydrogen-bond acceptors (Lipinski definition) is 5. The molecule has 1 atom stereocenters. The monoisotopic (exact) mass is 299 g/mol. The second-order valence-corrected chi connectivity index (χ2v) is 5.65. The number of nitrogens with zero attached hydrogens (tertiary/aromatic N) is 1. The molecule has 1 unspecified atom stereocenters. The average Bonchev–Trinajstić information content (AvgIpc) is 2.42. The first-order chi connectivity index (χ1) is 9.47. The van der Waals surface area contributed by atoms with Gasteiger partial charge in [-0.1, -0.05) is 6.07 Å². The molecule has 0 radical (unpaired) electrons. The van der Waals surface area contributed by atoms with Crippen LogP contribution in [0.5, 0.6) is 0 Å². The van der Waals surface area contributed by atoms with E-state index in [4.69, 9.17) is 0 Å². The Morgan fingerprint density at radius 1 is 1.45 bits per heavy atom. The van der Waals surface area contributed by atoms with Crippen LogP contribution in [0.4, 0.5) is 11.4 Å². The van der Waals surface area contributed by atoms with E-state index in [2.05, 4.69) is 10.6 Å². The van der Waals surface area contributed by atoms with Gasteiger partial charge in [-0.05, 0) is 12.5 Å². The van der Waals surface area contributed by atoms with E-state index in [0.29, 0.717) is 18.7 Å². The molecular weight excluding hydrogens is 282 g/mol. The lowest BCUT2D eigenvalue weighted by Gasteiger charge is -2.09. The number of rotatable bonds is 7. The minimum absolute atomic E-state index is 0.144. The highest BCUT2D eigenvalue weighted by Gasteiger charge is 2.20. The molecular formula is C12H17N3O4S. The Kier molecular flexibility index (Phi) is 6.10. The predicted molar refractivity (Wildman–Crippen MR) is 78.5 cm³/mol. The van der Waals surface area contributed by atoms with Gasteiger partial charge >= 0.3 is 0 Å². The molecule has 0 saturated carbocycles. The lowest BCUT2D eigenvalue weighted by molar-refractivity contribution is -0.384. The normalized spacial score (nSPS) is 11.7. The molecule has 2 N–H and O–H groups in total. The maximum atomic E-state index is 12.0. The van der Waals surface area contributed by atoms with Crippen molar-refractivity contribution in [2.24, 2.45) is 0 Å². The van der Waals surface area contributed by atoms with Crippen molar-refractivity contribution in [2.75, 3.05) is 30.9 Å². The molecule has 1 aromatic carbocycles. The van der Waals surface area contributed by atoms with Gasteiger partial charge in [-0.3, -0.25) is 19.1 Å². The minimum Gasteiger partial charge on any atom is -0.382 e. The second kappa shape index (κ2) is 7.59. The van der Waals surface area contributed by atoms with E-state index >= 15 is 0 Å². The number of carbonyl (C=O) groups is 1. The Morgan fingerprint density at radius 2 is 2.15 bits per heavy atom. The first-order valence-electron chi connectivity index (χ1n) is 6.00. The second-order valence-electron chi connectivity index (χ2n) is 4.09. The molecule has 0 spiro atoms. The zero-order chi connectivity index (χ0) is 15.1. The average molecular weight is 299 g/mol. The van der Waals surface area contributed by atoms with Crippen LogP contribution in [-0.4, -0.2) is 40.6 Å². The Balaban J connectivity index is 2.80. The molecule has 0 heterocycles. The molecule has 0 aromatic heterocycles. The first-order valence-corrected chi connectivity index (χ1v) is 7.73. The summed E-state index contributed by atoms with van der Waals surface area (Å²) in [4.78, 5) is 22.3. The van der Waals surface area contributed by atoms with Gasteiger partial charge in [-0.2, -0.15) is 0 Å². The zero-order valence-electron chi connectivity index (χ0n) is 11.3. The number of nitro benzene ring substituents is 1. The highest BCUT2D eigenvalue weighted by molar-refractivity contribution is 7.84. The van der Waals surface area contributed by atoms with E-state index in [1.54, 1.807) is 6.26 Å². The third-order valence-electron chi connectivity index (χ3n) is 2.63. The summed E-state index contributed by atoms with van der Waals surface area (Å²) in [7, 11) is 0.634. The van der Waals surface area contributed by atoms with Crippen molar-refractivity contribution in [1.82, 2.24) is 5.32 Å². The summed E-state index contributed by atoms with van der Waals surface area (Å²) in [5.74, 6) is 0.119. The number of benzene rings is 1. The van der Waals surface area contributed by atoms with Gasteiger partial charge in [0.05, 0.1) is 10.5 Å². The Morgan fingerprint density at radius 3 is 2.70 bits per heavy atom. The highest BCUT2D eigenvalue weighted by atomic mass is 32.2. The number of amides is 1. The predicted octanol–water partition coefficient (Wildman–Crippen LogP) is 1.13. The molecule has 1 amide bonds. The smallest absolute Gasteiger partial charge is 0.293 e. The van der Waals surface area contributed by atoms with Crippen LogP contribution in [0, 0.1) is 10.1 Å². The molecule has 0 aliphatic carbocycles. The maximum absolute atomic E-state index is 12.0. The van der Waals surface area contributed by atoms with E-state index in [-0.39, 0.29) is 22.8 Å². The fraction of sp³-hybridized carbons (Fsp3) is 0.417. The van der Waals surface area contributed by atoms with Crippen LogP contribution in [-0.2, 0) is 10.8 Å². The largest absolute Gasteiger partial charge is 0.382 e. The molecule has 110 valence electrons. The standard InChI is InChI=1S/C12H17N3O4S/c1-13-11-9(5-3-6-10(11)15(17)18)12(16)14-7-4-8-20(2)19/h3,5-6,13H,4,7-8H2,1-2H3,(H,14,16). The van der Waals surface area contributed by atoms with Crippen molar-refractivity contribution < 1.29 is 13.9 Å². The number of para-hydroxylation sites is 1. The lowest BCUT2D eigenvalue weighted by atomic mass is 10.1. The van der Waals surface area contributed by atoms with Crippen LogP contribution in [0.3, 0.4) is 0 Å². The molecule has 0 aliphatic heterocycles. The summed E-state index contributed by atoms with van der Waals surface area (Å²) < 4.78 is 10.9. The number of nitrogens with one attached hydrogen (secondary N) is 2. The fourth-order valence-electron chi connectivity index (χ4n) is 1.72. The van der Waals surface area contributed by atoms with Crippen molar-refractivity contribution in [3.05, 3.63) is 33.9 Å². The van der Waals surface area contributed by atoms with Crippen LogP contribution in [0.1, 0.15) is 16.8 Å². The summed E-state index contributed by atoms with van der Waals surface area (Å²) >= 11 is 0. The fourth-order valence-corrected chi connectivity index (χ4v) is 2.27. The quantitative estimate of drug-likeness (QED) is 0.446. The molecule has 7 nitrogen and oxygen atoms in total. The van der Waals surface area contributed by atoms with Gasteiger partial charge in [-0.25, -0.2) is 0 Å². The molecule has 0 aliphatic rings. The van der Waals surface area contributed by atoms with Crippen LogP contribution in [0.15, 0.2) is 18.2 Å². The Bertz CT molecular complexity index is 533. The van der Waals surface area contributed by atoms with Gasteiger partial charge in [0.2, 0.25) is 0 Å². The molecule has 0 fully saturated rings. The third kappa shape index (κ3) is 4.30. The first kappa shape index (κ1) is 16.1. The van der Waals surface area contributed by atoms with Crippen molar-refractivity contribution >= 4 is 28.1 Å². The van der Waals surface area contributed by atoms with Gasteiger partial charge < -0.3 is 10.6 Å². The van der Waals surface area contributed by atoms with Crippen LogP contribution in [0.2, 0.25) is 0 Å². The van der Waals surface area contributed by atoms with Crippen LogP contribution in [0.25, 0.3) is 0 Å². The van der Waals surface area contributed by atoms with Gasteiger partial charge in [-0.15, -0.1) is 0 Å². The third-order valence-corrected chi connectivity index (χ3v) is 3.49. The summed E-state index contributed by atoms with van der Waals surface area (Å²) in [5, 5.41) is 16.2. The molecule has 0 saturated heterocycles. The molecule has 1 rings (SSSR count). The molecule has 8 heteroatoms. The van der Waals surface area contributed by atoms with Gasteiger partial charge in [0.25, 0.3) is 11.6 Å². The minimum atomic E-state index is -0.894. The summed E-state index contributed by atoms with van der Waals surface area (Å²) in [6.07, 6.45) is 2.19. The number of hydrogen-bond donors (Lipinski definition) is 2. The van der Waals surface area contributed by atoms with Crippen molar-refractivity contribution in [3.8, 4) is 0 Å². The van der Waals surface area contributed by atoms with Gasteiger partial charge in [0, 0.05) is 42.5 Å². The van der Waals surface area contributed by atoms with E-state index in [1.807, 2.05) is 0 Å². The molecule has 20 heavy (non-hydrogen) atoms. The topological polar surface area (TPSA) is 101 Å². The highest BCUT2D eigenvalue weighted by Crippen LogP contribution is 2.27. The van der Waals surface area contributed by atoms with Crippen LogP contribution < -0.4 is 10.6 Å². The number of nitro groups is 1. The summed E-state index contributed by atoms with van der Waals surface area (Å²) in [6, 6.07) is 4.32. The van der Waals surface area contributed by atoms with Crippen LogP contribution >= 0.6 is 0 Å². The number of carbonyl (C=O) groups excluding carboxylic acids is 1. The van der Waals surface area contributed by atoms with Crippen molar-refractivity contribution in [2.45, 2.75) is 6.42 Å². The Hall–Kier alpha value is -1.96. The molecule has 1 aromatic rings. The Labute approximate surface area is 119 Å². The van der Waals surface area contributed by atoms with E-state index in [9.17, 15) is 19.1 Å². The summed E-state index contributed by atoms with van der Waals surface area (Å²) in [6.45, 7) is 0.379. The van der Waals surface area contributed by atoms with Gasteiger partial charge in [0.15, 0.2) is 0 Å². The summed E-state index contributed by atoms with van der Waals surface area (Å²) in [5.41, 5.74) is 0.267. The molecule has 0 bridgehead atoms. The van der Waals surface area contributed by atoms with E-state index in [1.165, 1.54) is 25.2 Å². The number of anilines is 1. The van der Waals surface area contributed by atoms with E-state index in [0.717, 1.165) is 0 Å². The van der Waals surface area contributed by atoms with Crippen molar-refractivity contribution in [1.29, 1.82) is 0 Å². The van der Waals surface area contributed by atoms with E-state index < -0.39 is 15.7 Å². The maximum Gasteiger partial charge on any atom is 0.293 e. The zero-order valence-corrected chi connectivity index (χ0v) is 12.2.